The first-order valence-corrected chi connectivity index (χ1v) is 6.64. The Morgan fingerprint density at radius 1 is 1.50 bits per heavy atom. The van der Waals surface area contributed by atoms with Crippen LogP contribution in [0.15, 0.2) is 17.6 Å². The summed E-state index contributed by atoms with van der Waals surface area (Å²) in [4.78, 5) is 6.56. The molecule has 4 N–H and O–H groups in total. The Labute approximate surface area is 104 Å². The number of nitrogens with one attached hydrogen (secondary N) is 3. The first-order valence-electron chi connectivity index (χ1n) is 5.16. The van der Waals surface area contributed by atoms with Crippen LogP contribution in [0.3, 0.4) is 0 Å². The Bertz CT molecular complexity index is 617. The van der Waals surface area contributed by atoms with E-state index in [0.717, 1.165) is 0 Å². The Balaban J connectivity index is 2.20. The quantitative estimate of drug-likeness (QED) is 0.579. The van der Waals surface area contributed by atoms with Crippen LogP contribution in [-0.4, -0.2) is 33.7 Å². The molecule has 2 aromatic rings. The van der Waals surface area contributed by atoms with Gasteiger partial charge in [0.15, 0.2) is 5.03 Å². The second-order valence-corrected chi connectivity index (χ2v) is 5.37. The summed E-state index contributed by atoms with van der Waals surface area (Å²) >= 11 is 0. The lowest BCUT2D eigenvalue weighted by molar-refractivity contribution is 0.277. The van der Waals surface area contributed by atoms with E-state index in [1.54, 1.807) is 6.92 Å². The van der Waals surface area contributed by atoms with Gasteiger partial charge in [0, 0.05) is 23.1 Å². The Morgan fingerprint density at radius 2 is 2.28 bits per heavy atom. The van der Waals surface area contributed by atoms with Gasteiger partial charge in [0.25, 0.3) is 10.0 Å². The van der Waals surface area contributed by atoms with E-state index in [9.17, 15) is 8.42 Å². The summed E-state index contributed by atoms with van der Waals surface area (Å²) in [5.41, 5.74) is 1.43. The molecule has 0 radical (unpaired) electrons. The number of H-pyrrole nitrogens is 2. The van der Waals surface area contributed by atoms with Gasteiger partial charge in [0.05, 0.1) is 19.5 Å². The molecular formula is C9H13N5O3S. The number of aromatic amines is 2. The molecule has 0 aromatic carbocycles. The van der Waals surface area contributed by atoms with Crippen molar-refractivity contribution in [3.63, 3.8) is 0 Å². The average molecular weight is 271 g/mol. The predicted molar refractivity (Wildman–Crippen MR) is 61.9 cm³/mol. The predicted octanol–water partition coefficient (Wildman–Crippen LogP) is -0.588. The van der Waals surface area contributed by atoms with Gasteiger partial charge >= 0.3 is 0 Å². The molecule has 0 spiro atoms. The highest BCUT2D eigenvalue weighted by molar-refractivity contribution is 7.89. The smallest absolute Gasteiger partial charge is 0.260 e. The van der Waals surface area contributed by atoms with Gasteiger partial charge in [-0.15, -0.1) is 0 Å². The van der Waals surface area contributed by atoms with Crippen molar-refractivity contribution in [2.75, 3.05) is 0 Å². The van der Waals surface area contributed by atoms with Gasteiger partial charge in [-0.2, -0.15) is 5.10 Å². The van der Waals surface area contributed by atoms with Crippen LogP contribution < -0.4 is 4.72 Å². The zero-order chi connectivity index (χ0) is 13.2. The van der Waals surface area contributed by atoms with Crippen molar-refractivity contribution in [2.24, 2.45) is 0 Å². The lowest BCUT2D eigenvalue weighted by Gasteiger charge is -2.04. The summed E-state index contributed by atoms with van der Waals surface area (Å²) in [6, 6.07) is 0. The molecule has 98 valence electrons. The number of aliphatic hydroxyl groups excluding tert-OH is 1. The molecule has 0 bridgehead atoms. The van der Waals surface area contributed by atoms with E-state index in [1.165, 1.54) is 12.5 Å². The second-order valence-electron chi connectivity index (χ2n) is 3.69. The molecule has 0 aliphatic carbocycles. The molecule has 2 rings (SSSR count). The summed E-state index contributed by atoms with van der Waals surface area (Å²) in [6.07, 6.45) is 2.98. The second kappa shape index (κ2) is 4.88. The number of imidazole rings is 1. The fraction of sp³-hybridized carbons (Fsp3) is 0.333. The molecule has 0 saturated carbocycles. The topological polar surface area (TPSA) is 124 Å². The van der Waals surface area contributed by atoms with E-state index >= 15 is 0 Å². The number of aliphatic hydroxyl groups is 1. The van der Waals surface area contributed by atoms with E-state index in [0.29, 0.717) is 11.4 Å². The molecule has 9 heteroatoms. The first-order chi connectivity index (χ1) is 8.54. The van der Waals surface area contributed by atoms with E-state index in [1.807, 2.05) is 0 Å². The SMILES string of the molecule is Cc1[nH]nc(S(=O)(=O)NCc2cnc[nH]2)c1CO. The van der Waals surface area contributed by atoms with Crippen LogP contribution in [0.5, 0.6) is 0 Å². The lowest BCUT2D eigenvalue weighted by atomic mass is 10.3. The minimum Gasteiger partial charge on any atom is -0.392 e. The molecule has 2 heterocycles. The number of hydrogen-bond donors (Lipinski definition) is 4. The third-order valence-corrected chi connectivity index (χ3v) is 3.83. The molecule has 0 saturated heterocycles. The molecular weight excluding hydrogens is 258 g/mol. The van der Waals surface area contributed by atoms with Crippen LogP contribution in [-0.2, 0) is 23.2 Å². The maximum absolute atomic E-state index is 12.0. The molecule has 0 aliphatic rings. The zero-order valence-electron chi connectivity index (χ0n) is 9.64. The van der Waals surface area contributed by atoms with Gasteiger partial charge in [0.1, 0.15) is 0 Å². The van der Waals surface area contributed by atoms with Gasteiger partial charge < -0.3 is 10.1 Å². The molecule has 0 fully saturated rings. The van der Waals surface area contributed by atoms with Crippen molar-refractivity contribution >= 4 is 10.0 Å². The van der Waals surface area contributed by atoms with E-state index in [-0.39, 0.29) is 23.7 Å². The number of hydrogen-bond acceptors (Lipinski definition) is 5. The Kier molecular flexibility index (Phi) is 3.45. The fourth-order valence-electron chi connectivity index (χ4n) is 1.46. The third-order valence-electron chi connectivity index (χ3n) is 2.46. The van der Waals surface area contributed by atoms with Crippen LogP contribution in [0.2, 0.25) is 0 Å². The summed E-state index contributed by atoms with van der Waals surface area (Å²) in [6.45, 7) is 1.34. The van der Waals surface area contributed by atoms with E-state index in [4.69, 9.17) is 5.11 Å². The molecule has 2 aromatic heterocycles. The van der Waals surface area contributed by atoms with Crippen molar-refractivity contribution in [2.45, 2.75) is 25.1 Å². The number of aryl methyl sites for hydroxylation is 1. The fourth-order valence-corrected chi connectivity index (χ4v) is 2.65. The average Bonchev–Trinajstić information content (AvgIpc) is 2.95. The van der Waals surface area contributed by atoms with Gasteiger partial charge in [-0.1, -0.05) is 0 Å². The van der Waals surface area contributed by atoms with E-state index in [2.05, 4.69) is 24.9 Å². The van der Waals surface area contributed by atoms with Crippen molar-refractivity contribution < 1.29 is 13.5 Å². The summed E-state index contributed by atoms with van der Waals surface area (Å²) < 4.78 is 26.3. The van der Waals surface area contributed by atoms with Crippen LogP contribution in [0.1, 0.15) is 17.0 Å². The zero-order valence-corrected chi connectivity index (χ0v) is 10.5. The highest BCUT2D eigenvalue weighted by atomic mass is 32.2. The number of rotatable bonds is 5. The Morgan fingerprint density at radius 3 is 2.89 bits per heavy atom. The molecule has 18 heavy (non-hydrogen) atoms. The van der Waals surface area contributed by atoms with Crippen LogP contribution >= 0.6 is 0 Å². The molecule has 0 aliphatic heterocycles. The highest BCUT2D eigenvalue weighted by Gasteiger charge is 2.23. The monoisotopic (exact) mass is 271 g/mol. The van der Waals surface area contributed by atoms with Crippen molar-refractivity contribution in [1.82, 2.24) is 24.9 Å². The minimum absolute atomic E-state index is 0.0824. The molecule has 8 nitrogen and oxygen atoms in total. The van der Waals surface area contributed by atoms with Gasteiger partial charge in [-0.05, 0) is 6.92 Å². The van der Waals surface area contributed by atoms with Crippen LogP contribution in [0.4, 0.5) is 0 Å². The van der Waals surface area contributed by atoms with Crippen LogP contribution in [0.25, 0.3) is 0 Å². The lowest BCUT2D eigenvalue weighted by Crippen LogP contribution is -2.24. The largest absolute Gasteiger partial charge is 0.392 e. The van der Waals surface area contributed by atoms with Crippen molar-refractivity contribution in [1.29, 1.82) is 0 Å². The normalized spacial score (nSPS) is 11.9. The third kappa shape index (κ3) is 2.42. The molecule has 0 unspecified atom stereocenters. The summed E-state index contributed by atoms with van der Waals surface area (Å²) in [7, 11) is -3.76. The van der Waals surface area contributed by atoms with Crippen LogP contribution in [0, 0.1) is 6.92 Å². The summed E-state index contributed by atoms with van der Waals surface area (Å²) in [5, 5.41) is 15.2. The molecule has 0 amide bonds. The summed E-state index contributed by atoms with van der Waals surface area (Å²) in [5.74, 6) is 0. The minimum atomic E-state index is -3.76. The van der Waals surface area contributed by atoms with Crippen molar-refractivity contribution in [3.05, 3.63) is 29.5 Å². The van der Waals surface area contributed by atoms with Gasteiger partial charge in [-0.25, -0.2) is 18.1 Å². The Hall–Kier alpha value is -1.71. The van der Waals surface area contributed by atoms with Gasteiger partial charge in [-0.3, -0.25) is 5.10 Å². The van der Waals surface area contributed by atoms with E-state index < -0.39 is 10.0 Å². The maximum atomic E-state index is 12.0. The van der Waals surface area contributed by atoms with Gasteiger partial charge in [0.2, 0.25) is 0 Å². The maximum Gasteiger partial charge on any atom is 0.260 e. The number of nitrogens with zero attached hydrogens (tertiary/aromatic N) is 2. The number of aromatic nitrogens is 4. The molecule has 0 atom stereocenters. The standard InChI is InChI=1S/C9H13N5O3S/c1-6-8(4-15)9(14-13-6)18(16,17)12-3-7-2-10-5-11-7/h2,5,12,15H,3-4H2,1H3,(H,10,11)(H,13,14). The van der Waals surface area contributed by atoms with Crippen molar-refractivity contribution in [3.8, 4) is 0 Å². The highest BCUT2D eigenvalue weighted by Crippen LogP contribution is 2.15. The number of sulfonamides is 1. The first kappa shape index (κ1) is 12.7.